The fraction of sp³-hybridized carbons (Fsp3) is 0.438. The van der Waals surface area contributed by atoms with E-state index < -0.39 is 16.1 Å². The molecule has 0 aliphatic carbocycles. The summed E-state index contributed by atoms with van der Waals surface area (Å²) in [5.74, 6) is 10.2. The van der Waals surface area contributed by atoms with Crippen LogP contribution in [0.3, 0.4) is 0 Å². The van der Waals surface area contributed by atoms with Gasteiger partial charge in [0.15, 0.2) is 0 Å². The van der Waals surface area contributed by atoms with Crippen LogP contribution in [0, 0.1) is 23.3 Å². The SMILES string of the molecule is CCCCc1c(C#Cc2ccc(-c3ccc(C#C[Si](C)(C)C)cn3)nc2)sc([Si](C)(C)C)c1CCCC. The molecule has 2 nitrogen and oxygen atoms in total. The summed E-state index contributed by atoms with van der Waals surface area (Å²) >= 11 is 1.97. The van der Waals surface area contributed by atoms with Crippen molar-refractivity contribution in [3.05, 3.63) is 63.8 Å². The molecule has 0 saturated carbocycles. The number of thiophene rings is 1. The van der Waals surface area contributed by atoms with E-state index in [9.17, 15) is 0 Å². The third-order valence-electron chi connectivity index (χ3n) is 6.05. The Morgan fingerprint density at radius 3 is 1.70 bits per heavy atom. The molecule has 3 aromatic heterocycles. The minimum absolute atomic E-state index is 0.859. The molecule has 0 spiro atoms. The van der Waals surface area contributed by atoms with Gasteiger partial charge >= 0.3 is 0 Å². The number of hydrogen-bond donors (Lipinski definition) is 0. The standard InChI is InChI=1S/C32H42N2SSi2/c1-9-11-13-27-28(14-12-10-2)32(37(6,7)8)35-31(27)20-17-25-15-18-29(33-23-25)30-19-16-26(24-34-30)21-22-36(3,4)5/h15-16,18-19,23-24H,9-14H2,1-8H3. The lowest BCUT2D eigenvalue weighted by molar-refractivity contribution is 0.763. The molecule has 0 aliphatic rings. The molecule has 3 heterocycles. The van der Waals surface area contributed by atoms with Crippen LogP contribution in [0.25, 0.3) is 11.4 Å². The van der Waals surface area contributed by atoms with E-state index in [1.54, 1.807) is 10.1 Å². The van der Waals surface area contributed by atoms with Crippen molar-refractivity contribution in [3.63, 3.8) is 0 Å². The number of unbranched alkanes of at least 4 members (excludes halogenated alkanes) is 2. The number of pyridine rings is 2. The van der Waals surface area contributed by atoms with Crippen LogP contribution in [-0.2, 0) is 12.8 Å². The summed E-state index contributed by atoms with van der Waals surface area (Å²) in [6.45, 7) is 18.7. The predicted molar refractivity (Wildman–Crippen MR) is 168 cm³/mol. The highest BCUT2D eigenvalue weighted by atomic mass is 32.1. The average molecular weight is 543 g/mol. The highest BCUT2D eigenvalue weighted by Crippen LogP contribution is 2.27. The summed E-state index contributed by atoms with van der Waals surface area (Å²) in [7, 11) is -2.82. The zero-order valence-electron chi connectivity index (χ0n) is 24.0. The lowest BCUT2D eigenvalue weighted by Gasteiger charge is -2.17. The fourth-order valence-corrected chi connectivity index (χ4v) is 8.30. The largest absolute Gasteiger partial charge is 0.253 e. The van der Waals surface area contributed by atoms with Gasteiger partial charge < -0.3 is 0 Å². The van der Waals surface area contributed by atoms with E-state index in [2.05, 4.69) is 92.5 Å². The van der Waals surface area contributed by atoms with Crippen molar-refractivity contribution >= 4 is 32.0 Å². The van der Waals surface area contributed by atoms with Crippen LogP contribution in [0.15, 0.2) is 36.7 Å². The van der Waals surface area contributed by atoms with E-state index >= 15 is 0 Å². The summed E-state index contributed by atoms with van der Waals surface area (Å²) in [6, 6.07) is 8.12. The van der Waals surface area contributed by atoms with Gasteiger partial charge in [0, 0.05) is 23.5 Å². The van der Waals surface area contributed by atoms with E-state index in [0.29, 0.717) is 0 Å². The fourth-order valence-electron chi connectivity index (χ4n) is 4.07. The molecule has 0 saturated heterocycles. The quantitative estimate of drug-likeness (QED) is 0.212. The van der Waals surface area contributed by atoms with Crippen LogP contribution in [0.4, 0.5) is 0 Å². The van der Waals surface area contributed by atoms with Gasteiger partial charge in [0.1, 0.15) is 8.07 Å². The van der Waals surface area contributed by atoms with Crippen molar-refractivity contribution in [2.75, 3.05) is 0 Å². The van der Waals surface area contributed by atoms with Gasteiger partial charge in [-0.3, -0.25) is 9.97 Å². The van der Waals surface area contributed by atoms with Gasteiger partial charge in [0.05, 0.1) is 24.3 Å². The molecule has 0 aliphatic heterocycles. The maximum atomic E-state index is 4.67. The summed E-state index contributed by atoms with van der Waals surface area (Å²) in [6.07, 6.45) is 11.0. The molecule has 3 aromatic rings. The first kappa shape index (κ1) is 29.1. The molecule has 0 N–H and O–H groups in total. The second kappa shape index (κ2) is 12.9. The molecule has 5 heteroatoms. The van der Waals surface area contributed by atoms with E-state index in [0.717, 1.165) is 28.9 Å². The van der Waals surface area contributed by atoms with Crippen LogP contribution in [0.2, 0.25) is 39.3 Å². The first-order valence-corrected chi connectivity index (χ1v) is 21.5. The van der Waals surface area contributed by atoms with Crippen LogP contribution < -0.4 is 4.50 Å². The summed E-state index contributed by atoms with van der Waals surface area (Å²) in [5.41, 5.74) is 10.2. The Kier molecular flexibility index (Phi) is 10.1. The zero-order valence-corrected chi connectivity index (χ0v) is 26.8. The summed E-state index contributed by atoms with van der Waals surface area (Å²) < 4.78 is 1.65. The molecule has 0 fully saturated rings. The normalized spacial score (nSPS) is 11.5. The first-order chi connectivity index (χ1) is 17.5. The van der Waals surface area contributed by atoms with Crippen LogP contribution >= 0.6 is 11.3 Å². The van der Waals surface area contributed by atoms with Gasteiger partial charge in [-0.05, 0) is 65.6 Å². The van der Waals surface area contributed by atoms with Crippen LogP contribution in [-0.4, -0.2) is 26.1 Å². The Morgan fingerprint density at radius 2 is 1.24 bits per heavy atom. The molecular weight excluding hydrogens is 501 g/mol. The third-order valence-corrected chi connectivity index (χ3v) is 11.7. The van der Waals surface area contributed by atoms with Crippen LogP contribution in [0.1, 0.15) is 66.7 Å². The Hall–Kier alpha value is -2.45. The Balaban J connectivity index is 1.87. The molecule has 0 bridgehead atoms. The van der Waals surface area contributed by atoms with Gasteiger partial charge in [0.25, 0.3) is 0 Å². The summed E-state index contributed by atoms with van der Waals surface area (Å²) in [4.78, 5) is 10.5. The first-order valence-electron chi connectivity index (χ1n) is 13.6. The second-order valence-corrected chi connectivity index (χ2v) is 22.9. The van der Waals surface area contributed by atoms with E-state index in [4.69, 9.17) is 0 Å². The highest BCUT2D eigenvalue weighted by molar-refractivity contribution is 7.27. The van der Waals surface area contributed by atoms with E-state index in [-0.39, 0.29) is 0 Å². The van der Waals surface area contributed by atoms with Crippen LogP contribution in [0.5, 0.6) is 0 Å². The second-order valence-electron chi connectivity index (χ2n) is 11.8. The summed E-state index contributed by atoms with van der Waals surface area (Å²) in [5, 5.41) is 0. The van der Waals surface area contributed by atoms with Crippen molar-refractivity contribution in [1.29, 1.82) is 0 Å². The van der Waals surface area contributed by atoms with Gasteiger partial charge in [-0.25, -0.2) is 0 Å². The molecule has 0 unspecified atom stereocenters. The van der Waals surface area contributed by atoms with E-state index in [1.165, 1.54) is 42.5 Å². The molecule has 0 amide bonds. The minimum atomic E-state index is -1.42. The van der Waals surface area contributed by atoms with Crippen molar-refractivity contribution in [2.24, 2.45) is 0 Å². The Morgan fingerprint density at radius 1 is 0.703 bits per heavy atom. The maximum Gasteiger partial charge on any atom is 0.129 e. The Bertz CT molecular complexity index is 1300. The van der Waals surface area contributed by atoms with Gasteiger partial charge in [0.2, 0.25) is 0 Å². The number of rotatable bonds is 8. The number of hydrogen-bond acceptors (Lipinski definition) is 3. The smallest absolute Gasteiger partial charge is 0.129 e. The number of nitrogens with zero attached hydrogens (tertiary/aromatic N) is 2. The van der Waals surface area contributed by atoms with Gasteiger partial charge in [-0.1, -0.05) is 83.7 Å². The molecule has 0 aromatic carbocycles. The monoisotopic (exact) mass is 542 g/mol. The highest BCUT2D eigenvalue weighted by Gasteiger charge is 2.26. The molecule has 3 rings (SSSR count). The molecule has 194 valence electrons. The van der Waals surface area contributed by atoms with E-state index in [1.807, 2.05) is 41.9 Å². The lowest BCUT2D eigenvalue weighted by atomic mass is 10.0. The molecule has 0 atom stereocenters. The van der Waals surface area contributed by atoms with Crippen molar-refractivity contribution in [2.45, 2.75) is 91.7 Å². The topological polar surface area (TPSA) is 25.8 Å². The maximum absolute atomic E-state index is 4.67. The van der Waals surface area contributed by atoms with Gasteiger partial charge in [-0.15, -0.1) is 16.9 Å². The number of aromatic nitrogens is 2. The van der Waals surface area contributed by atoms with Gasteiger partial charge in [-0.2, -0.15) is 0 Å². The van der Waals surface area contributed by atoms with Crippen molar-refractivity contribution in [3.8, 4) is 34.7 Å². The molecular formula is C32H42N2SSi2. The predicted octanol–water partition coefficient (Wildman–Crippen LogP) is 8.06. The minimum Gasteiger partial charge on any atom is -0.253 e. The molecule has 0 radical (unpaired) electrons. The third kappa shape index (κ3) is 8.54. The zero-order chi connectivity index (χ0) is 27.1. The Labute approximate surface area is 231 Å². The van der Waals surface area contributed by atoms with Crippen molar-refractivity contribution < 1.29 is 0 Å². The van der Waals surface area contributed by atoms with Crippen molar-refractivity contribution in [1.82, 2.24) is 9.97 Å². The lowest BCUT2D eigenvalue weighted by Crippen LogP contribution is -2.37. The molecule has 37 heavy (non-hydrogen) atoms. The average Bonchev–Trinajstić information content (AvgIpc) is 3.21.